The number of methoxy groups -OCH3 is 1. The topological polar surface area (TPSA) is 76.1 Å². The lowest BCUT2D eigenvalue weighted by Crippen LogP contribution is -2.31. The van der Waals surface area contributed by atoms with Gasteiger partial charge in [-0.1, -0.05) is 26.0 Å². The van der Waals surface area contributed by atoms with Gasteiger partial charge in [-0.15, -0.1) is 0 Å². The first-order valence-corrected chi connectivity index (χ1v) is 10.6. The second-order valence-corrected chi connectivity index (χ2v) is 8.12. The number of carbonyl (C=O) groups is 2. The highest BCUT2D eigenvalue weighted by molar-refractivity contribution is 6.46. The highest BCUT2D eigenvalue weighted by atomic mass is 19.1. The Bertz CT molecular complexity index is 982. The van der Waals surface area contributed by atoms with E-state index in [2.05, 4.69) is 0 Å². The zero-order chi connectivity index (χ0) is 23.3. The zero-order valence-electron chi connectivity index (χ0n) is 18.5. The molecule has 0 aromatic heterocycles. The second-order valence-electron chi connectivity index (χ2n) is 8.12. The molecule has 0 bridgehead atoms. The molecule has 1 aliphatic heterocycles. The number of ketones is 1. The molecule has 0 unspecified atom stereocenters. The van der Waals surface area contributed by atoms with E-state index >= 15 is 0 Å². The Kier molecular flexibility index (Phi) is 7.64. The summed E-state index contributed by atoms with van der Waals surface area (Å²) in [5.74, 6) is -1.16. The molecule has 1 N–H and O–H groups in total. The molecule has 170 valence electrons. The van der Waals surface area contributed by atoms with Gasteiger partial charge < -0.3 is 19.5 Å². The summed E-state index contributed by atoms with van der Waals surface area (Å²) in [5, 5.41) is 11.0. The van der Waals surface area contributed by atoms with Crippen LogP contribution in [-0.2, 0) is 14.3 Å². The van der Waals surface area contributed by atoms with Crippen LogP contribution in [0.3, 0.4) is 0 Å². The lowest BCUT2D eigenvalue weighted by atomic mass is 9.95. The Morgan fingerprint density at radius 3 is 2.34 bits per heavy atom. The Morgan fingerprint density at radius 2 is 1.75 bits per heavy atom. The smallest absolute Gasteiger partial charge is 0.295 e. The SMILES string of the molecule is COCCCN1C(=O)C(=O)C(=C(O)c2ccc(OCC(C)C)cc2)[C@H]1c1ccc(F)cc1. The Balaban J connectivity index is 2.00. The molecule has 7 heteroatoms. The van der Waals surface area contributed by atoms with Gasteiger partial charge in [0.25, 0.3) is 11.7 Å². The van der Waals surface area contributed by atoms with Gasteiger partial charge >= 0.3 is 0 Å². The lowest BCUT2D eigenvalue weighted by Gasteiger charge is -2.25. The van der Waals surface area contributed by atoms with Crippen LogP contribution in [0.1, 0.15) is 37.4 Å². The number of halogens is 1. The van der Waals surface area contributed by atoms with E-state index in [0.717, 1.165) is 0 Å². The second kappa shape index (κ2) is 10.4. The van der Waals surface area contributed by atoms with Gasteiger partial charge in [0.2, 0.25) is 0 Å². The summed E-state index contributed by atoms with van der Waals surface area (Å²) in [6.07, 6.45) is 0.517. The number of carbonyl (C=O) groups excluding carboxylic acids is 2. The highest BCUT2D eigenvalue weighted by Crippen LogP contribution is 2.39. The van der Waals surface area contributed by atoms with Gasteiger partial charge in [0.05, 0.1) is 18.2 Å². The van der Waals surface area contributed by atoms with E-state index < -0.39 is 23.5 Å². The molecular formula is C25H28FNO5. The fourth-order valence-corrected chi connectivity index (χ4v) is 3.61. The minimum atomic E-state index is -0.815. The van der Waals surface area contributed by atoms with Crippen molar-refractivity contribution in [2.45, 2.75) is 26.3 Å². The molecule has 1 heterocycles. The van der Waals surface area contributed by atoms with Crippen molar-refractivity contribution in [3.05, 3.63) is 71.0 Å². The molecule has 2 aromatic carbocycles. The zero-order valence-corrected chi connectivity index (χ0v) is 18.5. The van der Waals surface area contributed by atoms with Gasteiger partial charge in [-0.05, 0) is 54.3 Å². The number of ether oxygens (including phenoxy) is 2. The van der Waals surface area contributed by atoms with Crippen LogP contribution in [0.4, 0.5) is 4.39 Å². The lowest BCUT2D eigenvalue weighted by molar-refractivity contribution is -0.140. The molecule has 1 amide bonds. The summed E-state index contributed by atoms with van der Waals surface area (Å²) in [7, 11) is 1.56. The summed E-state index contributed by atoms with van der Waals surface area (Å²) in [6.45, 7) is 5.32. The Labute approximate surface area is 187 Å². The number of aliphatic hydroxyl groups is 1. The predicted molar refractivity (Wildman–Crippen MR) is 119 cm³/mol. The highest BCUT2D eigenvalue weighted by Gasteiger charge is 2.45. The number of benzene rings is 2. The third kappa shape index (κ3) is 5.16. The fourth-order valence-electron chi connectivity index (χ4n) is 3.61. The summed E-state index contributed by atoms with van der Waals surface area (Å²) >= 11 is 0. The van der Waals surface area contributed by atoms with Crippen LogP contribution in [0.15, 0.2) is 54.1 Å². The van der Waals surface area contributed by atoms with Crippen molar-refractivity contribution in [2.24, 2.45) is 5.92 Å². The van der Waals surface area contributed by atoms with E-state index in [-0.39, 0.29) is 17.9 Å². The minimum Gasteiger partial charge on any atom is -0.507 e. The van der Waals surface area contributed by atoms with Gasteiger partial charge in [0.1, 0.15) is 17.3 Å². The average Bonchev–Trinajstić information content (AvgIpc) is 3.03. The molecular weight excluding hydrogens is 413 g/mol. The maximum Gasteiger partial charge on any atom is 0.295 e. The number of hydrogen-bond acceptors (Lipinski definition) is 5. The number of Topliss-reactive ketones (excluding diaryl/α,β-unsaturated/α-hetero) is 1. The van der Waals surface area contributed by atoms with Crippen LogP contribution in [-0.4, -0.2) is 48.6 Å². The third-order valence-corrected chi connectivity index (χ3v) is 5.18. The fraction of sp³-hybridized carbons (Fsp3) is 0.360. The number of aliphatic hydroxyl groups excluding tert-OH is 1. The van der Waals surface area contributed by atoms with Crippen molar-refractivity contribution in [2.75, 3.05) is 26.9 Å². The molecule has 0 aliphatic carbocycles. The van der Waals surface area contributed by atoms with Crippen LogP contribution >= 0.6 is 0 Å². The third-order valence-electron chi connectivity index (χ3n) is 5.18. The minimum absolute atomic E-state index is 0.0186. The Morgan fingerprint density at radius 1 is 1.09 bits per heavy atom. The van der Waals surface area contributed by atoms with E-state index in [4.69, 9.17) is 9.47 Å². The van der Waals surface area contributed by atoms with Crippen molar-refractivity contribution in [1.82, 2.24) is 4.90 Å². The molecule has 32 heavy (non-hydrogen) atoms. The van der Waals surface area contributed by atoms with E-state index in [1.165, 1.54) is 29.2 Å². The van der Waals surface area contributed by atoms with Crippen molar-refractivity contribution in [1.29, 1.82) is 0 Å². The van der Waals surface area contributed by atoms with Crippen LogP contribution in [0.2, 0.25) is 0 Å². The molecule has 0 spiro atoms. The summed E-state index contributed by atoms with van der Waals surface area (Å²) < 4.78 is 24.2. The van der Waals surface area contributed by atoms with E-state index in [9.17, 15) is 19.1 Å². The molecule has 0 radical (unpaired) electrons. The van der Waals surface area contributed by atoms with E-state index in [0.29, 0.717) is 42.4 Å². The van der Waals surface area contributed by atoms with Gasteiger partial charge in [-0.2, -0.15) is 0 Å². The maximum atomic E-state index is 13.5. The normalized spacial score (nSPS) is 17.9. The van der Waals surface area contributed by atoms with Gasteiger partial charge in [-0.3, -0.25) is 9.59 Å². The largest absolute Gasteiger partial charge is 0.507 e. The van der Waals surface area contributed by atoms with Crippen LogP contribution < -0.4 is 4.74 Å². The van der Waals surface area contributed by atoms with Crippen LogP contribution in [0.25, 0.3) is 5.76 Å². The summed E-state index contributed by atoms with van der Waals surface area (Å²) in [4.78, 5) is 27.1. The van der Waals surface area contributed by atoms with E-state index in [1.54, 1.807) is 31.4 Å². The Hall–Kier alpha value is -3.19. The monoisotopic (exact) mass is 441 g/mol. The van der Waals surface area contributed by atoms with Crippen molar-refractivity contribution in [3.63, 3.8) is 0 Å². The first kappa shape index (κ1) is 23.5. The van der Waals surface area contributed by atoms with Crippen molar-refractivity contribution < 1.29 is 28.6 Å². The molecule has 3 rings (SSSR count). The van der Waals surface area contributed by atoms with Gasteiger partial charge in [0.15, 0.2) is 0 Å². The standard InChI is InChI=1S/C25H28FNO5/c1-16(2)15-32-20-11-7-18(8-12-20)23(28)21-22(17-5-9-19(26)10-6-17)27(13-4-14-31-3)25(30)24(21)29/h5-12,16,22,28H,4,13-15H2,1-3H3/t22-/m1/s1. The summed E-state index contributed by atoms with van der Waals surface area (Å²) in [5.41, 5.74) is 0.917. The van der Waals surface area contributed by atoms with Gasteiger partial charge in [-0.25, -0.2) is 4.39 Å². The molecule has 6 nitrogen and oxygen atoms in total. The molecule has 1 fully saturated rings. The molecule has 1 aliphatic rings. The van der Waals surface area contributed by atoms with Crippen LogP contribution in [0.5, 0.6) is 5.75 Å². The summed E-state index contributed by atoms with van der Waals surface area (Å²) in [6, 6.07) is 11.5. The molecule has 1 saturated heterocycles. The quantitative estimate of drug-likeness (QED) is 0.272. The molecule has 2 aromatic rings. The molecule has 0 saturated carbocycles. The van der Waals surface area contributed by atoms with Crippen LogP contribution in [0, 0.1) is 11.7 Å². The first-order chi connectivity index (χ1) is 15.3. The maximum absolute atomic E-state index is 13.5. The molecule has 1 atom stereocenters. The number of likely N-dealkylation sites (tertiary alicyclic amines) is 1. The predicted octanol–water partition coefficient (Wildman–Crippen LogP) is 4.32. The number of nitrogens with zero attached hydrogens (tertiary/aromatic N) is 1. The number of amides is 1. The number of rotatable bonds is 9. The number of hydrogen-bond donors (Lipinski definition) is 1. The van der Waals surface area contributed by atoms with E-state index in [1.807, 2.05) is 13.8 Å². The average molecular weight is 441 g/mol. The van der Waals surface area contributed by atoms with Gasteiger partial charge in [0, 0.05) is 25.8 Å². The van der Waals surface area contributed by atoms with Crippen molar-refractivity contribution in [3.8, 4) is 5.75 Å². The first-order valence-electron chi connectivity index (χ1n) is 10.6. The van der Waals surface area contributed by atoms with Crippen molar-refractivity contribution >= 4 is 17.4 Å².